The molecule has 0 radical (unpaired) electrons. The van der Waals surface area contributed by atoms with Gasteiger partial charge in [-0.25, -0.2) is 9.48 Å². The van der Waals surface area contributed by atoms with Gasteiger partial charge in [-0.1, -0.05) is 58.4 Å². The van der Waals surface area contributed by atoms with Gasteiger partial charge in [0.1, 0.15) is 12.4 Å². The molecule has 2 aromatic carbocycles. The molecule has 186 valence electrons. The molecule has 0 aliphatic rings. The second-order valence-corrected chi connectivity index (χ2v) is 10.3. The van der Waals surface area contributed by atoms with E-state index in [2.05, 4.69) is 45.3 Å². The van der Waals surface area contributed by atoms with Gasteiger partial charge in [-0.15, -0.1) is 0 Å². The lowest BCUT2D eigenvalue weighted by Gasteiger charge is -2.21. The summed E-state index contributed by atoms with van der Waals surface area (Å²) in [7, 11) is 0. The van der Waals surface area contributed by atoms with Gasteiger partial charge in [-0.2, -0.15) is 5.10 Å². The number of benzene rings is 2. The van der Waals surface area contributed by atoms with E-state index < -0.39 is 0 Å². The van der Waals surface area contributed by atoms with Crippen molar-refractivity contribution in [2.75, 3.05) is 23.7 Å². The smallest absolute Gasteiger partial charge is 0.315 e. The standard InChI is InChI=1S/C27H34ClN5O2/c1-7-32(26(35)29-21-12-8-19(9-13-21)18(2)3)17-25(34)30-24-16-23(27(4,5)6)31-33(24)22-14-10-20(28)11-15-22/h8-16,18H,7,17H2,1-6H3,(H,29,35)(H,30,34). The van der Waals surface area contributed by atoms with E-state index in [-0.39, 0.29) is 23.9 Å². The summed E-state index contributed by atoms with van der Waals surface area (Å²) >= 11 is 6.04. The van der Waals surface area contributed by atoms with Gasteiger partial charge in [-0.3, -0.25) is 4.79 Å². The largest absolute Gasteiger partial charge is 0.322 e. The summed E-state index contributed by atoms with van der Waals surface area (Å²) in [6.07, 6.45) is 0. The van der Waals surface area contributed by atoms with E-state index in [0.717, 1.165) is 11.4 Å². The zero-order valence-corrected chi connectivity index (χ0v) is 22.0. The fraction of sp³-hybridized carbons (Fsp3) is 0.370. The number of rotatable bonds is 7. The molecular formula is C27H34ClN5O2. The maximum absolute atomic E-state index is 13.0. The van der Waals surface area contributed by atoms with Crippen molar-refractivity contribution in [3.05, 3.63) is 70.9 Å². The third-order valence-electron chi connectivity index (χ3n) is 5.65. The number of anilines is 2. The molecule has 0 unspecified atom stereocenters. The average molecular weight is 496 g/mol. The van der Waals surface area contributed by atoms with Crippen LogP contribution in [0.1, 0.15) is 58.7 Å². The minimum atomic E-state index is -0.332. The number of amides is 3. The number of hydrogen-bond donors (Lipinski definition) is 2. The summed E-state index contributed by atoms with van der Waals surface area (Å²) in [5.41, 5.74) is 3.28. The lowest BCUT2D eigenvalue weighted by Crippen LogP contribution is -2.40. The first-order valence-corrected chi connectivity index (χ1v) is 12.2. The molecule has 3 rings (SSSR count). The molecule has 35 heavy (non-hydrogen) atoms. The lowest BCUT2D eigenvalue weighted by molar-refractivity contribution is -0.116. The van der Waals surface area contributed by atoms with Gasteiger partial charge in [0.25, 0.3) is 0 Å². The molecule has 0 spiro atoms. The van der Waals surface area contributed by atoms with Gasteiger partial charge in [0.15, 0.2) is 0 Å². The van der Waals surface area contributed by atoms with Crippen LogP contribution in [0.5, 0.6) is 0 Å². The number of hydrogen-bond acceptors (Lipinski definition) is 3. The Labute approximate surface area is 212 Å². The number of halogens is 1. The predicted octanol–water partition coefficient (Wildman–Crippen LogP) is 6.44. The van der Waals surface area contributed by atoms with Crippen molar-refractivity contribution in [1.29, 1.82) is 0 Å². The predicted molar refractivity (Wildman–Crippen MR) is 143 cm³/mol. The van der Waals surface area contributed by atoms with Gasteiger partial charge in [0.2, 0.25) is 5.91 Å². The van der Waals surface area contributed by atoms with Crippen molar-refractivity contribution < 1.29 is 9.59 Å². The molecule has 0 atom stereocenters. The number of carbonyl (C=O) groups is 2. The second-order valence-electron chi connectivity index (χ2n) is 9.82. The first-order valence-electron chi connectivity index (χ1n) is 11.8. The molecule has 1 aromatic heterocycles. The summed E-state index contributed by atoms with van der Waals surface area (Å²) < 4.78 is 1.68. The van der Waals surface area contributed by atoms with Crippen LogP contribution in [-0.4, -0.2) is 39.7 Å². The molecule has 0 saturated heterocycles. The van der Waals surface area contributed by atoms with Crippen molar-refractivity contribution in [3.8, 4) is 5.69 Å². The van der Waals surface area contributed by atoms with Crippen LogP contribution in [-0.2, 0) is 10.2 Å². The van der Waals surface area contributed by atoms with Crippen molar-refractivity contribution in [2.45, 2.75) is 52.9 Å². The van der Waals surface area contributed by atoms with Crippen molar-refractivity contribution >= 4 is 35.0 Å². The molecule has 2 N–H and O–H groups in total. The molecule has 3 aromatic rings. The van der Waals surface area contributed by atoms with Crippen molar-refractivity contribution in [2.24, 2.45) is 0 Å². The van der Waals surface area contributed by atoms with Crippen LogP contribution < -0.4 is 10.6 Å². The van der Waals surface area contributed by atoms with Gasteiger partial charge < -0.3 is 15.5 Å². The molecule has 0 aliphatic carbocycles. The minimum absolute atomic E-state index is 0.0942. The zero-order valence-electron chi connectivity index (χ0n) is 21.2. The Morgan fingerprint density at radius 1 is 1.03 bits per heavy atom. The highest BCUT2D eigenvalue weighted by atomic mass is 35.5. The topological polar surface area (TPSA) is 79.3 Å². The summed E-state index contributed by atoms with van der Waals surface area (Å²) in [5, 5.41) is 11.1. The molecule has 7 nitrogen and oxygen atoms in total. The first-order chi connectivity index (χ1) is 16.5. The number of carbonyl (C=O) groups excluding carboxylic acids is 2. The summed E-state index contributed by atoms with van der Waals surface area (Å²) in [4.78, 5) is 27.2. The highest BCUT2D eigenvalue weighted by Crippen LogP contribution is 2.27. The Morgan fingerprint density at radius 2 is 1.66 bits per heavy atom. The van der Waals surface area contributed by atoms with Gasteiger partial charge in [-0.05, 0) is 54.8 Å². The van der Waals surface area contributed by atoms with E-state index in [1.807, 2.05) is 49.4 Å². The third kappa shape index (κ3) is 6.85. The number of nitrogens with one attached hydrogen (secondary N) is 2. The van der Waals surface area contributed by atoms with Crippen LogP contribution in [0, 0.1) is 0 Å². The summed E-state index contributed by atoms with van der Waals surface area (Å²) in [6, 6.07) is 16.5. The summed E-state index contributed by atoms with van der Waals surface area (Å²) in [6.45, 7) is 12.5. The SMILES string of the molecule is CCN(CC(=O)Nc1cc(C(C)(C)C)nn1-c1ccc(Cl)cc1)C(=O)Nc1ccc(C(C)C)cc1. The van der Waals surface area contributed by atoms with Crippen LogP contribution in [0.4, 0.5) is 16.3 Å². The zero-order chi connectivity index (χ0) is 25.8. The van der Waals surface area contributed by atoms with Gasteiger partial charge in [0, 0.05) is 28.7 Å². The monoisotopic (exact) mass is 495 g/mol. The van der Waals surface area contributed by atoms with Crippen LogP contribution in [0.15, 0.2) is 54.6 Å². The molecule has 0 fully saturated rings. The fourth-order valence-electron chi connectivity index (χ4n) is 3.45. The molecule has 0 bridgehead atoms. The van der Waals surface area contributed by atoms with E-state index in [0.29, 0.717) is 29.0 Å². The van der Waals surface area contributed by atoms with Crippen LogP contribution in [0.25, 0.3) is 5.69 Å². The number of aromatic nitrogens is 2. The quantitative estimate of drug-likeness (QED) is 0.396. The highest BCUT2D eigenvalue weighted by molar-refractivity contribution is 6.30. The molecule has 0 aliphatic heterocycles. The Kier molecular flexibility index (Phi) is 8.22. The van der Waals surface area contributed by atoms with Crippen LogP contribution >= 0.6 is 11.6 Å². The third-order valence-corrected chi connectivity index (χ3v) is 5.90. The van der Waals surface area contributed by atoms with E-state index in [4.69, 9.17) is 16.7 Å². The van der Waals surface area contributed by atoms with E-state index in [1.165, 1.54) is 10.5 Å². The first kappa shape index (κ1) is 26.3. The van der Waals surface area contributed by atoms with Crippen molar-refractivity contribution in [1.82, 2.24) is 14.7 Å². The van der Waals surface area contributed by atoms with E-state index >= 15 is 0 Å². The maximum Gasteiger partial charge on any atom is 0.322 e. The Hall–Kier alpha value is -3.32. The van der Waals surface area contributed by atoms with E-state index in [1.54, 1.807) is 16.8 Å². The fourth-order valence-corrected chi connectivity index (χ4v) is 3.58. The van der Waals surface area contributed by atoms with E-state index in [9.17, 15) is 9.59 Å². The van der Waals surface area contributed by atoms with Gasteiger partial charge in [0.05, 0.1) is 11.4 Å². The van der Waals surface area contributed by atoms with Crippen LogP contribution in [0.2, 0.25) is 5.02 Å². The average Bonchev–Trinajstić information content (AvgIpc) is 3.22. The Balaban J connectivity index is 1.73. The summed E-state index contributed by atoms with van der Waals surface area (Å²) in [5.74, 6) is 0.631. The van der Waals surface area contributed by atoms with Crippen molar-refractivity contribution in [3.63, 3.8) is 0 Å². The van der Waals surface area contributed by atoms with Gasteiger partial charge >= 0.3 is 6.03 Å². The molecular weight excluding hydrogens is 462 g/mol. The normalized spacial score (nSPS) is 11.4. The Bertz CT molecular complexity index is 1160. The number of urea groups is 1. The number of nitrogens with zero attached hydrogens (tertiary/aromatic N) is 3. The highest BCUT2D eigenvalue weighted by Gasteiger charge is 2.23. The minimum Gasteiger partial charge on any atom is -0.315 e. The molecule has 8 heteroatoms. The van der Waals surface area contributed by atoms with Crippen LogP contribution in [0.3, 0.4) is 0 Å². The molecule has 3 amide bonds. The second kappa shape index (κ2) is 11.0. The molecule has 0 saturated carbocycles. The Morgan fingerprint density at radius 3 is 2.20 bits per heavy atom. The lowest BCUT2D eigenvalue weighted by atomic mass is 9.92. The maximum atomic E-state index is 13.0. The molecule has 1 heterocycles. The number of likely N-dealkylation sites (N-methyl/N-ethyl adjacent to an activating group) is 1.